The highest BCUT2D eigenvalue weighted by Gasteiger charge is 2.11. The molecule has 1 aromatic rings. The third-order valence-electron chi connectivity index (χ3n) is 2.19. The fourth-order valence-corrected chi connectivity index (χ4v) is 1.10. The summed E-state index contributed by atoms with van der Waals surface area (Å²) in [6.07, 6.45) is 3.76. The van der Waals surface area contributed by atoms with Gasteiger partial charge in [-0.05, 0) is 13.0 Å². The van der Waals surface area contributed by atoms with Crippen molar-refractivity contribution in [1.82, 2.24) is 4.98 Å². The second-order valence-electron chi connectivity index (χ2n) is 3.77. The van der Waals surface area contributed by atoms with Gasteiger partial charge in [-0.15, -0.1) is 0 Å². The van der Waals surface area contributed by atoms with Crippen LogP contribution in [0.3, 0.4) is 0 Å². The lowest BCUT2D eigenvalue weighted by atomic mass is 10.2. The van der Waals surface area contributed by atoms with Gasteiger partial charge in [0, 0.05) is 18.0 Å². The minimum Gasteiger partial charge on any atom is -1.00 e. The molecule has 0 fully saturated rings. The number of rotatable bonds is 3. The lowest BCUT2D eigenvalue weighted by Crippen LogP contribution is -3.00. The first-order valence-corrected chi connectivity index (χ1v) is 4.35. The molecule has 2 nitrogen and oxygen atoms in total. The van der Waals surface area contributed by atoms with Crippen LogP contribution in [0.2, 0.25) is 0 Å². The van der Waals surface area contributed by atoms with Crippen LogP contribution in [0.1, 0.15) is 12.5 Å². The summed E-state index contributed by atoms with van der Waals surface area (Å²) in [6, 6.07) is 4.12. The molecule has 0 amide bonds. The standard InChI is InChI=1S/C10H17N2.ClH/c1-4-12(2,3)9-10-6-5-7-11-8-10;/h5-8H,4,9H2,1-3H3;1H/q+1;/p-1. The van der Waals surface area contributed by atoms with E-state index in [9.17, 15) is 0 Å². The highest BCUT2D eigenvalue weighted by molar-refractivity contribution is 5.06. The predicted octanol–water partition coefficient (Wildman–Crippen LogP) is -1.32. The molecule has 0 aliphatic carbocycles. The molecule has 0 unspecified atom stereocenters. The number of hydrogen-bond donors (Lipinski definition) is 0. The van der Waals surface area contributed by atoms with E-state index in [0.717, 1.165) is 17.6 Å². The van der Waals surface area contributed by atoms with Crippen molar-refractivity contribution >= 4 is 0 Å². The zero-order valence-corrected chi connectivity index (χ0v) is 9.25. The minimum atomic E-state index is 0. The van der Waals surface area contributed by atoms with Gasteiger partial charge in [-0.3, -0.25) is 4.98 Å². The molecule has 0 saturated heterocycles. The fourth-order valence-electron chi connectivity index (χ4n) is 1.10. The normalized spacial score (nSPS) is 10.7. The summed E-state index contributed by atoms with van der Waals surface area (Å²) in [5.74, 6) is 0. The molecule has 0 aliphatic rings. The summed E-state index contributed by atoms with van der Waals surface area (Å²) < 4.78 is 1.02. The second-order valence-corrected chi connectivity index (χ2v) is 3.77. The monoisotopic (exact) mass is 200 g/mol. The first kappa shape index (κ1) is 12.4. The third kappa shape index (κ3) is 4.25. The SMILES string of the molecule is CC[N+](C)(C)Cc1cccnc1.[Cl-]. The van der Waals surface area contributed by atoms with Crippen molar-refractivity contribution in [2.24, 2.45) is 0 Å². The Bertz CT molecular complexity index is 234. The Morgan fingerprint density at radius 3 is 2.54 bits per heavy atom. The highest BCUT2D eigenvalue weighted by Crippen LogP contribution is 2.06. The first-order valence-electron chi connectivity index (χ1n) is 4.35. The van der Waals surface area contributed by atoms with Gasteiger partial charge < -0.3 is 16.9 Å². The van der Waals surface area contributed by atoms with Crippen LogP contribution in [0.5, 0.6) is 0 Å². The van der Waals surface area contributed by atoms with Crippen molar-refractivity contribution in [3.63, 3.8) is 0 Å². The van der Waals surface area contributed by atoms with Gasteiger partial charge in [0.25, 0.3) is 0 Å². The molecule has 0 saturated carbocycles. The van der Waals surface area contributed by atoms with Gasteiger partial charge in [-0.2, -0.15) is 0 Å². The third-order valence-corrected chi connectivity index (χ3v) is 2.19. The summed E-state index contributed by atoms with van der Waals surface area (Å²) >= 11 is 0. The van der Waals surface area contributed by atoms with Crippen LogP contribution < -0.4 is 12.4 Å². The average Bonchev–Trinajstić information content (AvgIpc) is 2.06. The topological polar surface area (TPSA) is 12.9 Å². The molecule has 0 bridgehead atoms. The molecule has 1 rings (SSSR count). The van der Waals surface area contributed by atoms with E-state index in [1.807, 2.05) is 18.5 Å². The Kier molecular flexibility index (Phi) is 4.96. The molecule has 1 aromatic heterocycles. The van der Waals surface area contributed by atoms with Gasteiger partial charge in [-0.1, -0.05) is 6.07 Å². The smallest absolute Gasteiger partial charge is 0.105 e. The van der Waals surface area contributed by atoms with Gasteiger partial charge in [0.2, 0.25) is 0 Å². The molecule has 74 valence electrons. The van der Waals surface area contributed by atoms with Crippen molar-refractivity contribution in [1.29, 1.82) is 0 Å². The zero-order valence-electron chi connectivity index (χ0n) is 8.50. The molecule has 1 heterocycles. The van der Waals surface area contributed by atoms with E-state index in [2.05, 4.69) is 32.1 Å². The van der Waals surface area contributed by atoms with Crippen molar-refractivity contribution in [3.05, 3.63) is 30.1 Å². The summed E-state index contributed by atoms with van der Waals surface area (Å²) in [7, 11) is 4.46. The number of nitrogens with zero attached hydrogens (tertiary/aromatic N) is 2. The number of quaternary nitrogens is 1. The maximum absolute atomic E-state index is 4.09. The second kappa shape index (κ2) is 5.20. The Morgan fingerprint density at radius 2 is 2.08 bits per heavy atom. The van der Waals surface area contributed by atoms with E-state index in [1.54, 1.807) is 0 Å². The number of pyridine rings is 1. The zero-order chi connectivity index (χ0) is 9.03. The van der Waals surface area contributed by atoms with Gasteiger partial charge in [0.05, 0.1) is 20.6 Å². The molecule has 0 aromatic carbocycles. The van der Waals surface area contributed by atoms with E-state index in [4.69, 9.17) is 0 Å². The summed E-state index contributed by atoms with van der Waals surface area (Å²) in [5.41, 5.74) is 1.31. The van der Waals surface area contributed by atoms with E-state index < -0.39 is 0 Å². The van der Waals surface area contributed by atoms with Crippen LogP contribution >= 0.6 is 0 Å². The Morgan fingerprint density at radius 1 is 1.38 bits per heavy atom. The molecule has 3 heteroatoms. The molecule has 0 atom stereocenters. The van der Waals surface area contributed by atoms with Crippen molar-refractivity contribution in [3.8, 4) is 0 Å². The van der Waals surface area contributed by atoms with Crippen LogP contribution in [-0.2, 0) is 6.54 Å². The average molecular weight is 201 g/mol. The van der Waals surface area contributed by atoms with E-state index in [-0.39, 0.29) is 12.4 Å². The van der Waals surface area contributed by atoms with Crippen LogP contribution in [0.4, 0.5) is 0 Å². The van der Waals surface area contributed by atoms with Gasteiger partial charge in [-0.25, -0.2) is 0 Å². The quantitative estimate of drug-likeness (QED) is 0.552. The van der Waals surface area contributed by atoms with Gasteiger partial charge >= 0.3 is 0 Å². The highest BCUT2D eigenvalue weighted by atomic mass is 35.5. The molecule has 0 radical (unpaired) electrons. The van der Waals surface area contributed by atoms with Crippen molar-refractivity contribution in [2.45, 2.75) is 13.5 Å². The molecular weight excluding hydrogens is 184 g/mol. The Labute approximate surface area is 86.6 Å². The van der Waals surface area contributed by atoms with Crippen LogP contribution in [0.15, 0.2) is 24.5 Å². The molecule has 13 heavy (non-hydrogen) atoms. The first-order chi connectivity index (χ1) is 5.64. The summed E-state index contributed by atoms with van der Waals surface area (Å²) in [5, 5.41) is 0. The number of halogens is 1. The maximum Gasteiger partial charge on any atom is 0.105 e. The number of hydrogen-bond acceptors (Lipinski definition) is 1. The predicted molar refractivity (Wildman–Crippen MR) is 50.6 cm³/mol. The summed E-state index contributed by atoms with van der Waals surface area (Å²) in [6.45, 7) is 4.41. The molecule has 0 aliphatic heterocycles. The van der Waals surface area contributed by atoms with E-state index in [0.29, 0.717) is 0 Å². The van der Waals surface area contributed by atoms with Crippen LogP contribution in [-0.4, -0.2) is 30.1 Å². The van der Waals surface area contributed by atoms with E-state index >= 15 is 0 Å². The molecule has 0 N–H and O–H groups in total. The molecular formula is C10H17ClN2. The summed E-state index contributed by atoms with van der Waals surface area (Å²) in [4.78, 5) is 4.09. The van der Waals surface area contributed by atoms with Crippen molar-refractivity contribution in [2.75, 3.05) is 20.6 Å². The van der Waals surface area contributed by atoms with Crippen LogP contribution in [0.25, 0.3) is 0 Å². The van der Waals surface area contributed by atoms with Crippen LogP contribution in [0, 0.1) is 0 Å². The molecule has 0 spiro atoms. The minimum absolute atomic E-state index is 0. The maximum atomic E-state index is 4.09. The number of aromatic nitrogens is 1. The lowest BCUT2D eigenvalue weighted by Gasteiger charge is -2.27. The van der Waals surface area contributed by atoms with Gasteiger partial charge in [0.15, 0.2) is 0 Å². The fraction of sp³-hybridized carbons (Fsp3) is 0.500. The lowest BCUT2D eigenvalue weighted by molar-refractivity contribution is -0.901. The Balaban J connectivity index is 0.00000144. The van der Waals surface area contributed by atoms with E-state index in [1.165, 1.54) is 5.56 Å². The van der Waals surface area contributed by atoms with Gasteiger partial charge in [0.1, 0.15) is 6.54 Å². The van der Waals surface area contributed by atoms with Crippen molar-refractivity contribution < 1.29 is 16.9 Å². The Hall–Kier alpha value is -0.600. The largest absolute Gasteiger partial charge is 1.00 e.